The molecule has 2 heterocycles. The van der Waals surface area contributed by atoms with Gasteiger partial charge < -0.3 is 25.8 Å². The molecular weight excluding hydrogens is 477 g/mol. The van der Waals surface area contributed by atoms with Crippen molar-refractivity contribution in [2.75, 3.05) is 23.8 Å². The van der Waals surface area contributed by atoms with E-state index in [0.717, 1.165) is 16.7 Å². The van der Waals surface area contributed by atoms with Crippen molar-refractivity contribution >= 4 is 23.4 Å². The Morgan fingerprint density at radius 2 is 1.92 bits per heavy atom. The molecule has 4 rings (SSSR count). The van der Waals surface area contributed by atoms with Crippen molar-refractivity contribution in [1.29, 1.82) is 0 Å². The van der Waals surface area contributed by atoms with Gasteiger partial charge in [0.1, 0.15) is 18.1 Å². The molecule has 0 spiro atoms. The van der Waals surface area contributed by atoms with Gasteiger partial charge in [0, 0.05) is 49.3 Å². The summed E-state index contributed by atoms with van der Waals surface area (Å²) in [6.07, 6.45) is 2.18. The number of ether oxygens (including phenoxy) is 1. The molecule has 10 heteroatoms. The molecule has 0 aliphatic heterocycles. The number of halogens is 1. The summed E-state index contributed by atoms with van der Waals surface area (Å²) in [7, 11) is 0. The van der Waals surface area contributed by atoms with Crippen LogP contribution >= 0.6 is 0 Å². The number of nitrogens with zero attached hydrogens (tertiary/aromatic N) is 2. The minimum atomic E-state index is -1.22. The highest BCUT2D eigenvalue weighted by Crippen LogP contribution is 2.36. The van der Waals surface area contributed by atoms with E-state index in [1.165, 1.54) is 13.8 Å². The van der Waals surface area contributed by atoms with Crippen LogP contribution in [0.2, 0.25) is 0 Å². The van der Waals surface area contributed by atoms with Crippen LogP contribution in [0.3, 0.4) is 0 Å². The topological polar surface area (TPSA) is 125 Å². The average Bonchev–Trinajstić information content (AvgIpc) is 2.82. The Kier molecular flexibility index (Phi) is 7.68. The maximum Gasteiger partial charge on any atom is 0.319 e. The number of aryl methyl sites for hydroxylation is 1. The van der Waals surface area contributed by atoms with Gasteiger partial charge in [0.2, 0.25) is 11.8 Å². The number of aliphatic hydroxyl groups is 1. The molecule has 0 saturated heterocycles. The Labute approximate surface area is 214 Å². The Morgan fingerprint density at radius 3 is 2.62 bits per heavy atom. The lowest BCUT2D eigenvalue weighted by molar-refractivity contribution is -0.114. The van der Waals surface area contributed by atoms with E-state index in [1.54, 1.807) is 30.5 Å². The van der Waals surface area contributed by atoms with E-state index in [2.05, 4.69) is 25.9 Å². The maximum absolute atomic E-state index is 13.7. The summed E-state index contributed by atoms with van der Waals surface area (Å²) in [5, 5.41) is 17.5. The van der Waals surface area contributed by atoms with Gasteiger partial charge in [0.15, 0.2) is 0 Å². The number of nitrogens with one attached hydrogen (secondary N) is 3. The van der Waals surface area contributed by atoms with Gasteiger partial charge in [-0.2, -0.15) is 0 Å². The van der Waals surface area contributed by atoms with Crippen molar-refractivity contribution in [3.8, 4) is 28.3 Å². The highest BCUT2D eigenvalue weighted by molar-refractivity contribution is 5.91. The van der Waals surface area contributed by atoms with E-state index in [4.69, 9.17) is 4.74 Å². The molecule has 0 unspecified atom stereocenters. The zero-order valence-corrected chi connectivity index (χ0v) is 21.0. The minimum Gasteiger partial charge on any atom is -0.475 e. The molecular formula is C27H30FN5O4. The lowest BCUT2D eigenvalue weighted by atomic mass is 9.79. The standard InChI is InChI=1S/C27H30FN5O4/c1-16-4-5-20(31-26(36)32-21-14-27(3,28)15-21)13-22(16)19-10-23(33-25(12-19)37-9-8-34)18-6-7-29-24(11-18)30-17(2)35/h4-7,10-13,21,34H,8-9,14-15H2,1-3H3,(H,29,30,35)(H2,31,32,36)/t21-,27-. The molecule has 3 aromatic rings. The van der Waals surface area contributed by atoms with Crippen LogP contribution in [0.25, 0.3) is 22.4 Å². The zero-order valence-electron chi connectivity index (χ0n) is 21.0. The van der Waals surface area contributed by atoms with Crippen molar-refractivity contribution < 1.29 is 23.8 Å². The molecule has 0 radical (unpaired) electrons. The molecule has 194 valence electrons. The lowest BCUT2D eigenvalue weighted by Gasteiger charge is -2.38. The molecule has 0 bridgehead atoms. The van der Waals surface area contributed by atoms with Gasteiger partial charge in [-0.15, -0.1) is 0 Å². The Morgan fingerprint density at radius 1 is 1.14 bits per heavy atom. The fourth-order valence-corrected chi connectivity index (χ4v) is 4.30. The Bertz CT molecular complexity index is 1310. The highest BCUT2D eigenvalue weighted by Gasteiger charge is 2.41. The SMILES string of the molecule is CC(=O)Nc1cc(-c2cc(-c3cc(NC(=O)N[C@H]4C[C@](C)(F)C4)ccc3C)cc(OCCO)n2)ccn1. The number of rotatable bonds is 8. The number of anilines is 2. The van der Waals surface area contributed by atoms with Crippen molar-refractivity contribution in [2.45, 2.75) is 45.3 Å². The number of aromatic nitrogens is 2. The van der Waals surface area contributed by atoms with Gasteiger partial charge in [-0.25, -0.2) is 19.2 Å². The number of carbonyl (C=O) groups excluding carboxylic acids is 2. The first kappa shape index (κ1) is 26.0. The molecule has 37 heavy (non-hydrogen) atoms. The number of amides is 3. The van der Waals surface area contributed by atoms with Crippen LogP contribution < -0.4 is 20.7 Å². The number of hydrogen-bond donors (Lipinski definition) is 4. The van der Waals surface area contributed by atoms with E-state index < -0.39 is 5.67 Å². The quantitative estimate of drug-likeness (QED) is 0.357. The molecule has 0 atom stereocenters. The molecule has 2 aromatic heterocycles. The second-order valence-corrected chi connectivity index (χ2v) is 9.41. The van der Waals surface area contributed by atoms with Gasteiger partial charge >= 0.3 is 6.03 Å². The average molecular weight is 508 g/mol. The van der Waals surface area contributed by atoms with Crippen molar-refractivity contribution in [2.24, 2.45) is 0 Å². The van der Waals surface area contributed by atoms with E-state index in [-0.39, 0.29) is 31.2 Å². The third-order valence-electron chi connectivity index (χ3n) is 5.99. The van der Waals surface area contributed by atoms with E-state index >= 15 is 0 Å². The van der Waals surface area contributed by atoms with Gasteiger partial charge in [-0.3, -0.25) is 4.79 Å². The minimum absolute atomic E-state index is 0.0726. The number of benzene rings is 1. The lowest BCUT2D eigenvalue weighted by Crippen LogP contribution is -2.52. The largest absolute Gasteiger partial charge is 0.475 e. The van der Waals surface area contributed by atoms with E-state index in [1.807, 2.05) is 25.1 Å². The number of urea groups is 1. The van der Waals surface area contributed by atoms with Gasteiger partial charge in [0.05, 0.1) is 12.3 Å². The second kappa shape index (κ2) is 10.9. The second-order valence-electron chi connectivity index (χ2n) is 9.41. The number of aliphatic hydroxyl groups excluding tert-OH is 1. The molecule has 1 fully saturated rings. The fourth-order valence-electron chi connectivity index (χ4n) is 4.30. The molecule has 1 saturated carbocycles. The predicted molar refractivity (Wildman–Crippen MR) is 139 cm³/mol. The molecule has 1 aliphatic rings. The van der Waals surface area contributed by atoms with Crippen molar-refractivity contribution in [3.63, 3.8) is 0 Å². The Hall–Kier alpha value is -4.05. The van der Waals surface area contributed by atoms with E-state index in [0.29, 0.717) is 41.5 Å². The van der Waals surface area contributed by atoms with Gasteiger partial charge in [0.25, 0.3) is 0 Å². The normalized spacial score (nSPS) is 18.5. The number of hydrogen-bond acceptors (Lipinski definition) is 6. The van der Waals surface area contributed by atoms with Crippen LogP contribution in [0.15, 0.2) is 48.7 Å². The summed E-state index contributed by atoms with van der Waals surface area (Å²) in [5.41, 5.74) is 3.22. The number of alkyl halides is 1. The van der Waals surface area contributed by atoms with Crippen LogP contribution in [0, 0.1) is 6.92 Å². The maximum atomic E-state index is 13.7. The summed E-state index contributed by atoms with van der Waals surface area (Å²) in [6.45, 7) is 4.79. The third-order valence-corrected chi connectivity index (χ3v) is 5.99. The smallest absolute Gasteiger partial charge is 0.319 e. The first-order valence-electron chi connectivity index (χ1n) is 12.0. The molecule has 3 amide bonds. The van der Waals surface area contributed by atoms with Gasteiger partial charge in [-0.1, -0.05) is 6.07 Å². The van der Waals surface area contributed by atoms with Crippen LogP contribution in [0.5, 0.6) is 5.88 Å². The molecule has 1 aromatic carbocycles. The molecule has 1 aliphatic carbocycles. The number of carbonyl (C=O) groups is 2. The van der Waals surface area contributed by atoms with Gasteiger partial charge in [-0.05, 0) is 60.9 Å². The monoisotopic (exact) mass is 507 g/mol. The number of pyridine rings is 2. The summed E-state index contributed by atoms with van der Waals surface area (Å²) >= 11 is 0. The van der Waals surface area contributed by atoms with Crippen molar-refractivity contribution in [3.05, 3.63) is 54.2 Å². The first-order valence-corrected chi connectivity index (χ1v) is 12.0. The first-order chi connectivity index (χ1) is 17.6. The summed E-state index contributed by atoms with van der Waals surface area (Å²) in [6, 6.07) is 12.1. The molecule has 9 nitrogen and oxygen atoms in total. The van der Waals surface area contributed by atoms with Crippen LogP contribution in [0.1, 0.15) is 32.3 Å². The third kappa shape index (κ3) is 6.79. The van der Waals surface area contributed by atoms with Crippen molar-refractivity contribution in [1.82, 2.24) is 15.3 Å². The summed E-state index contributed by atoms with van der Waals surface area (Å²) in [4.78, 5) is 32.6. The zero-order chi connectivity index (χ0) is 26.6. The highest BCUT2D eigenvalue weighted by atomic mass is 19.1. The van der Waals surface area contributed by atoms with Crippen LogP contribution in [-0.2, 0) is 4.79 Å². The summed E-state index contributed by atoms with van der Waals surface area (Å²) < 4.78 is 19.4. The fraction of sp³-hybridized carbons (Fsp3) is 0.333. The Balaban J connectivity index is 1.63. The summed E-state index contributed by atoms with van der Waals surface area (Å²) in [5.74, 6) is 0.468. The molecule has 4 N–H and O–H groups in total. The van der Waals surface area contributed by atoms with Crippen LogP contribution in [-0.4, -0.2) is 51.9 Å². The predicted octanol–water partition coefficient (Wildman–Crippen LogP) is 4.46. The van der Waals surface area contributed by atoms with Crippen LogP contribution in [0.4, 0.5) is 20.7 Å². The van der Waals surface area contributed by atoms with E-state index in [9.17, 15) is 19.1 Å².